The molecule has 0 amide bonds. The first kappa shape index (κ1) is 23.6. The Bertz CT molecular complexity index is 1030. The number of rotatable bonds is 9. The molecule has 3 rings (SSSR count). The Morgan fingerprint density at radius 3 is 2.50 bits per heavy atom. The minimum Gasteiger partial charge on any atom is -0.496 e. The van der Waals surface area contributed by atoms with Gasteiger partial charge in [0.2, 0.25) is 0 Å². The van der Waals surface area contributed by atoms with E-state index >= 15 is 0 Å². The van der Waals surface area contributed by atoms with Crippen molar-refractivity contribution in [2.24, 2.45) is 10.9 Å². The average Bonchev–Trinajstić information content (AvgIpc) is 3.64. The molecule has 6 nitrogen and oxygen atoms in total. The van der Waals surface area contributed by atoms with Gasteiger partial charge in [0.05, 0.1) is 30.0 Å². The topological polar surface area (TPSA) is 74.2 Å². The van der Waals surface area contributed by atoms with Gasteiger partial charge in [-0.05, 0) is 62.6 Å². The standard InChI is InChI=1S/C25H27NO5S/c1-5-22(27)31-21-14-7-16(3)23(29-4)20(21)15-32-24(17-8-9-17)26-19-12-10-18(11-13-19)25(28)30-6-2/h5,7,10-14,17H,1,6,8-9,15H2,2-4H3. The largest absolute Gasteiger partial charge is 0.496 e. The molecule has 1 fully saturated rings. The maximum atomic E-state index is 11.9. The van der Waals surface area contributed by atoms with E-state index < -0.39 is 5.97 Å². The van der Waals surface area contributed by atoms with Crippen molar-refractivity contribution in [2.45, 2.75) is 32.4 Å². The molecule has 0 atom stereocenters. The van der Waals surface area contributed by atoms with Crippen LogP contribution in [0.4, 0.5) is 5.69 Å². The van der Waals surface area contributed by atoms with E-state index in [0.29, 0.717) is 35.3 Å². The second-order valence-electron chi connectivity index (χ2n) is 7.30. The van der Waals surface area contributed by atoms with Gasteiger partial charge in [-0.2, -0.15) is 0 Å². The minimum atomic E-state index is -0.514. The summed E-state index contributed by atoms with van der Waals surface area (Å²) in [6.45, 7) is 7.54. The smallest absolute Gasteiger partial charge is 0.338 e. The third-order valence-corrected chi connectivity index (χ3v) is 6.06. The first-order valence-corrected chi connectivity index (χ1v) is 11.4. The number of aryl methyl sites for hydroxylation is 1. The molecule has 0 heterocycles. The predicted molar refractivity (Wildman–Crippen MR) is 127 cm³/mol. The molecule has 2 aromatic carbocycles. The molecule has 1 aliphatic carbocycles. The van der Waals surface area contributed by atoms with Crippen LogP contribution < -0.4 is 9.47 Å². The zero-order chi connectivity index (χ0) is 23.1. The van der Waals surface area contributed by atoms with Crippen LogP contribution in [0.3, 0.4) is 0 Å². The van der Waals surface area contributed by atoms with Crippen molar-refractivity contribution in [1.82, 2.24) is 0 Å². The molecule has 32 heavy (non-hydrogen) atoms. The van der Waals surface area contributed by atoms with Gasteiger partial charge in [-0.25, -0.2) is 14.6 Å². The van der Waals surface area contributed by atoms with E-state index in [-0.39, 0.29) is 5.97 Å². The summed E-state index contributed by atoms with van der Waals surface area (Å²) in [6.07, 6.45) is 3.33. The molecule has 0 radical (unpaired) electrons. The third kappa shape index (κ3) is 6.01. The van der Waals surface area contributed by atoms with E-state index in [9.17, 15) is 9.59 Å². The van der Waals surface area contributed by atoms with Crippen molar-refractivity contribution in [2.75, 3.05) is 13.7 Å². The Kier molecular flexibility index (Phi) is 8.11. The molecule has 0 spiro atoms. The first-order valence-electron chi connectivity index (χ1n) is 10.5. The number of carbonyl (C=O) groups excluding carboxylic acids is 2. The molecular weight excluding hydrogens is 426 g/mol. The zero-order valence-corrected chi connectivity index (χ0v) is 19.4. The normalized spacial score (nSPS) is 13.4. The summed E-state index contributed by atoms with van der Waals surface area (Å²) in [5.74, 6) is 1.26. The van der Waals surface area contributed by atoms with Gasteiger partial charge in [0.1, 0.15) is 11.5 Å². The molecule has 0 aliphatic heterocycles. The van der Waals surface area contributed by atoms with Crippen molar-refractivity contribution >= 4 is 34.4 Å². The Morgan fingerprint density at radius 2 is 1.91 bits per heavy atom. The highest BCUT2D eigenvalue weighted by Gasteiger charge is 2.29. The fourth-order valence-electron chi connectivity index (χ4n) is 3.12. The van der Waals surface area contributed by atoms with E-state index in [1.54, 1.807) is 44.0 Å². The van der Waals surface area contributed by atoms with Crippen LogP contribution in [-0.4, -0.2) is 30.7 Å². The predicted octanol–water partition coefficient (Wildman–Crippen LogP) is 5.65. The Labute approximate surface area is 192 Å². The molecule has 7 heteroatoms. The second-order valence-corrected chi connectivity index (χ2v) is 8.29. The lowest BCUT2D eigenvalue weighted by atomic mass is 10.1. The number of ether oxygens (including phenoxy) is 3. The van der Waals surface area contributed by atoms with Crippen molar-refractivity contribution in [3.8, 4) is 11.5 Å². The molecule has 1 saturated carbocycles. The van der Waals surface area contributed by atoms with Crippen molar-refractivity contribution in [3.63, 3.8) is 0 Å². The highest BCUT2D eigenvalue weighted by Crippen LogP contribution is 2.41. The fourth-order valence-corrected chi connectivity index (χ4v) is 4.33. The van der Waals surface area contributed by atoms with Crippen LogP contribution in [0.5, 0.6) is 11.5 Å². The summed E-state index contributed by atoms with van der Waals surface area (Å²) < 4.78 is 16.1. The Balaban J connectivity index is 1.82. The van der Waals surface area contributed by atoms with Crippen LogP contribution in [0.1, 0.15) is 41.3 Å². The van der Waals surface area contributed by atoms with Gasteiger partial charge in [-0.1, -0.05) is 12.6 Å². The van der Waals surface area contributed by atoms with Crippen molar-refractivity contribution < 1.29 is 23.8 Å². The zero-order valence-electron chi connectivity index (χ0n) is 18.6. The summed E-state index contributed by atoms with van der Waals surface area (Å²) in [5.41, 5.74) is 3.05. The number of aliphatic imine (C=N–C) groups is 1. The van der Waals surface area contributed by atoms with Crippen LogP contribution in [0.25, 0.3) is 0 Å². The minimum absolute atomic E-state index is 0.340. The molecule has 168 valence electrons. The van der Waals surface area contributed by atoms with E-state index in [2.05, 4.69) is 6.58 Å². The van der Waals surface area contributed by atoms with E-state index in [0.717, 1.165) is 40.8 Å². The molecule has 1 aliphatic rings. The molecule has 0 unspecified atom stereocenters. The van der Waals surface area contributed by atoms with Gasteiger partial charge < -0.3 is 14.2 Å². The van der Waals surface area contributed by atoms with Crippen LogP contribution >= 0.6 is 11.8 Å². The van der Waals surface area contributed by atoms with Crippen LogP contribution in [-0.2, 0) is 15.3 Å². The number of thioether (sulfide) groups is 1. The lowest BCUT2D eigenvalue weighted by Crippen LogP contribution is -2.07. The van der Waals surface area contributed by atoms with Gasteiger partial charge in [-0.3, -0.25) is 0 Å². The van der Waals surface area contributed by atoms with Gasteiger partial charge >= 0.3 is 11.9 Å². The fraction of sp³-hybridized carbons (Fsp3) is 0.320. The first-order chi connectivity index (χ1) is 15.5. The number of methoxy groups -OCH3 is 1. The molecule has 2 aromatic rings. The highest BCUT2D eigenvalue weighted by atomic mass is 32.2. The SMILES string of the molecule is C=CC(=O)Oc1ccc(C)c(OC)c1CSC(=Nc1ccc(C(=O)OCC)cc1)C1CC1. The molecule has 0 aromatic heterocycles. The molecule has 0 saturated heterocycles. The third-order valence-electron chi connectivity index (χ3n) is 4.90. The van der Waals surface area contributed by atoms with Crippen LogP contribution in [0.2, 0.25) is 0 Å². The number of hydrogen-bond donors (Lipinski definition) is 0. The number of esters is 2. The molecule has 0 bridgehead atoms. The summed E-state index contributed by atoms with van der Waals surface area (Å²) in [4.78, 5) is 28.5. The lowest BCUT2D eigenvalue weighted by molar-refractivity contribution is -0.129. The maximum Gasteiger partial charge on any atom is 0.338 e. The van der Waals surface area contributed by atoms with Crippen LogP contribution in [0.15, 0.2) is 54.0 Å². The summed E-state index contributed by atoms with van der Waals surface area (Å²) in [7, 11) is 1.61. The number of nitrogens with zero attached hydrogens (tertiary/aromatic N) is 1. The van der Waals surface area contributed by atoms with Gasteiger partial charge in [0.15, 0.2) is 0 Å². The average molecular weight is 454 g/mol. The maximum absolute atomic E-state index is 11.9. The summed E-state index contributed by atoms with van der Waals surface area (Å²) in [5, 5.41) is 1.01. The Morgan fingerprint density at radius 1 is 1.19 bits per heavy atom. The Hall–Kier alpha value is -3.06. The molecule has 0 N–H and O–H groups in total. The highest BCUT2D eigenvalue weighted by molar-refractivity contribution is 8.13. The van der Waals surface area contributed by atoms with Gasteiger partial charge in [0.25, 0.3) is 0 Å². The monoisotopic (exact) mass is 453 g/mol. The van der Waals surface area contributed by atoms with Crippen molar-refractivity contribution in [1.29, 1.82) is 0 Å². The van der Waals surface area contributed by atoms with Crippen LogP contribution in [0, 0.1) is 12.8 Å². The van der Waals surface area contributed by atoms with E-state index in [1.807, 2.05) is 25.1 Å². The van der Waals surface area contributed by atoms with E-state index in [1.165, 1.54) is 0 Å². The van der Waals surface area contributed by atoms with Crippen molar-refractivity contribution in [3.05, 3.63) is 65.7 Å². The lowest BCUT2D eigenvalue weighted by Gasteiger charge is -2.16. The van der Waals surface area contributed by atoms with Gasteiger partial charge in [-0.15, -0.1) is 11.8 Å². The number of benzene rings is 2. The molecular formula is C25H27NO5S. The quantitative estimate of drug-likeness (QED) is 0.161. The second kappa shape index (κ2) is 11.0. The summed E-state index contributed by atoms with van der Waals surface area (Å²) in [6, 6.07) is 10.7. The number of carbonyl (C=O) groups is 2. The summed E-state index contributed by atoms with van der Waals surface area (Å²) >= 11 is 1.61. The van der Waals surface area contributed by atoms with E-state index in [4.69, 9.17) is 19.2 Å². The van der Waals surface area contributed by atoms with Gasteiger partial charge in [0, 0.05) is 23.3 Å². The number of hydrogen-bond acceptors (Lipinski definition) is 7.